The second-order valence-electron chi connectivity index (χ2n) is 4.51. The fraction of sp³-hybridized carbons (Fsp3) is 0.111. The molecule has 6 nitrogen and oxygen atoms in total. The van der Waals surface area contributed by atoms with Crippen LogP contribution in [0, 0.1) is 22.7 Å². The fourth-order valence-corrected chi connectivity index (χ4v) is 1.69. The van der Waals surface area contributed by atoms with Crippen molar-refractivity contribution in [3.8, 4) is 12.1 Å². The molecular weight excluding hydrogens is 306 g/mol. The molecule has 0 radical (unpaired) electrons. The zero-order chi connectivity index (χ0) is 17.9. The molecule has 0 spiro atoms. The lowest BCUT2D eigenvalue weighted by atomic mass is 10.2. The van der Waals surface area contributed by atoms with Crippen molar-refractivity contribution < 1.29 is 14.3 Å². The topological polar surface area (TPSA) is 94.2 Å². The molecule has 0 saturated heterocycles. The standard InChI is InChI=1S/C18H15N3O3/c1-14(22)21(17-7-4-3-5-8-17)10-6-9-18(24-15(2)23)11-16(12-19)13-20/h3-11H,1-2H3. The number of rotatable bonds is 5. The van der Waals surface area contributed by atoms with Gasteiger partial charge < -0.3 is 4.74 Å². The molecule has 0 bridgehead atoms. The predicted molar refractivity (Wildman–Crippen MR) is 87.9 cm³/mol. The minimum atomic E-state index is -0.590. The van der Waals surface area contributed by atoms with E-state index < -0.39 is 5.97 Å². The number of para-hydroxylation sites is 1. The van der Waals surface area contributed by atoms with E-state index in [0.29, 0.717) is 5.69 Å². The summed E-state index contributed by atoms with van der Waals surface area (Å²) in [4.78, 5) is 24.2. The highest BCUT2D eigenvalue weighted by Crippen LogP contribution is 2.14. The highest BCUT2D eigenvalue weighted by atomic mass is 16.5. The van der Waals surface area contributed by atoms with Crippen LogP contribution in [0.5, 0.6) is 0 Å². The first kappa shape index (κ1) is 18.4. The first-order valence-corrected chi connectivity index (χ1v) is 6.91. The molecule has 1 amide bonds. The Bertz CT molecular complexity index is 762. The van der Waals surface area contributed by atoms with Crippen LogP contribution in [0.1, 0.15) is 13.8 Å². The average molecular weight is 321 g/mol. The van der Waals surface area contributed by atoms with E-state index >= 15 is 0 Å². The van der Waals surface area contributed by atoms with E-state index in [-0.39, 0.29) is 17.2 Å². The zero-order valence-corrected chi connectivity index (χ0v) is 13.3. The molecule has 0 aliphatic rings. The van der Waals surface area contributed by atoms with Crippen LogP contribution in [-0.4, -0.2) is 11.9 Å². The number of amides is 1. The monoisotopic (exact) mass is 321 g/mol. The van der Waals surface area contributed by atoms with Gasteiger partial charge in [-0.25, -0.2) is 0 Å². The van der Waals surface area contributed by atoms with Crippen molar-refractivity contribution >= 4 is 17.6 Å². The molecule has 0 fully saturated rings. The third-order valence-electron chi connectivity index (χ3n) is 2.66. The SMILES string of the molecule is CC(=O)OC(C=C(C#N)C#N)=CC=CN(C(C)=O)c1ccccc1. The number of allylic oxidation sites excluding steroid dienone is 4. The number of nitriles is 2. The number of hydrogen-bond donors (Lipinski definition) is 0. The highest BCUT2D eigenvalue weighted by Gasteiger charge is 2.07. The maximum Gasteiger partial charge on any atom is 0.308 e. The number of ether oxygens (including phenoxy) is 1. The maximum absolute atomic E-state index is 11.7. The summed E-state index contributed by atoms with van der Waals surface area (Å²) in [6.07, 6.45) is 5.50. The van der Waals surface area contributed by atoms with E-state index in [2.05, 4.69) is 0 Å². The van der Waals surface area contributed by atoms with Crippen molar-refractivity contribution in [1.29, 1.82) is 10.5 Å². The first-order chi connectivity index (χ1) is 11.5. The number of esters is 1. The number of carbonyl (C=O) groups excluding carboxylic acids is 2. The smallest absolute Gasteiger partial charge is 0.308 e. The molecule has 6 heteroatoms. The molecule has 0 atom stereocenters. The third-order valence-corrected chi connectivity index (χ3v) is 2.66. The maximum atomic E-state index is 11.7. The largest absolute Gasteiger partial charge is 0.427 e. The Hall–Kier alpha value is -3.64. The van der Waals surface area contributed by atoms with Crippen molar-refractivity contribution in [2.45, 2.75) is 13.8 Å². The van der Waals surface area contributed by atoms with Crippen LogP contribution in [0.25, 0.3) is 0 Å². The van der Waals surface area contributed by atoms with Crippen molar-refractivity contribution in [3.05, 3.63) is 66.1 Å². The van der Waals surface area contributed by atoms with Crippen molar-refractivity contribution in [2.75, 3.05) is 4.90 Å². The molecular formula is C18H15N3O3. The zero-order valence-electron chi connectivity index (χ0n) is 13.3. The van der Waals surface area contributed by atoms with Gasteiger partial charge in [-0.1, -0.05) is 18.2 Å². The summed E-state index contributed by atoms with van der Waals surface area (Å²) >= 11 is 0. The number of carbonyl (C=O) groups is 2. The summed E-state index contributed by atoms with van der Waals surface area (Å²) < 4.78 is 4.92. The molecule has 0 aliphatic carbocycles. The third kappa shape index (κ3) is 6.00. The van der Waals surface area contributed by atoms with Crippen LogP contribution in [0.2, 0.25) is 0 Å². The lowest BCUT2D eigenvalue weighted by Gasteiger charge is -2.15. The van der Waals surface area contributed by atoms with E-state index in [9.17, 15) is 9.59 Å². The Morgan fingerprint density at radius 2 is 1.75 bits per heavy atom. The lowest BCUT2D eigenvalue weighted by molar-refractivity contribution is -0.136. The number of nitrogens with zero attached hydrogens (tertiary/aromatic N) is 3. The van der Waals surface area contributed by atoms with Crippen LogP contribution in [0.4, 0.5) is 5.69 Å². The summed E-state index contributed by atoms with van der Waals surface area (Å²) in [5.74, 6) is -0.772. The molecule has 24 heavy (non-hydrogen) atoms. The molecule has 0 saturated carbocycles. The Labute approximate surface area is 140 Å². The van der Waals surface area contributed by atoms with E-state index in [0.717, 1.165) is 6.08 Å². The van der Waals surface area contributed by atoms with Gasteiger partial charge >= 0.3 is 5.97 Å². The van der Waals surface area contributed by atoms with Crippen LogP contribution >= 0.6 is 0 Å². The fourth-order valence-electron chi connectivity index (χ4n) is 1.69. The summed E-state index contributed by atoms with van der Waals surface area (Å²) in [7, 11) is 0. The van der Waals surface area contributed by atoms with Gasteiger partial charge in [0.1, 0.15) is 23.5 Å². The molecule has 1 aromatic rings. The van der Waals surface area contributed by atoms with Crippen LogP contribution in [0.3, 0.4) is 0 Å². The van der Waals surface area contributed by atoms with Gasteiger partial charge in [-0.15, -0.1) is 0 Å². The Morgan fingerprint density at radius 3 is 2.25 bits per heavy atom. The molecule has 1 aromatic carbocycles. The Kier molecular flexibility index (Phi) is 7.20. The molecule has 1 rings (SSSR count). The van der Waals surface area contributed by atoms with Gasteiger partial charge in [-0.3, -0.25) is 14.5 Å². The second kappa shape index (κ2) is 9.39. The van der Waals surface area contributed by atoms with E-state index in [1.54, 1.807) is 36.4 Å². The number of hydrogen-bond acceptors (Lipinski definition) is 5. The minimum absolute atomic E-state index is 0.0217. The predicted octanol–water partition coefficient (Wildman–Crippen LogP) is 2.97. The Balaban J connectivity index is 3.10. The van der Waals surface area contributed by atoms with Crippen molar-refractivity contribution in [2.24, 2.45) is 0 Å². The Morgan fingerprint density at radius 1 is 1.12 bits per heavy atom. The van der Waals surface area contributed by atoms with Crippen LogP contribution in [-0.2, 0) is 14.3 Å². The lowest BCUT2D eigenvalue weighted by Crippen LogP contribution is -2.21. The number of benzene rings is 1. The summed E-state index contributed by atoms with van der Waals surface area (Å²) in [6, 6.07) is 12.3. The molecule has 120 valence electrons. The van der Waals surface area contributed by atoms with Gasteiger partial charge in [0.25, 0.3) is 0 Å². The van der Waals surface area contributed by atoms with Gasteiger partial charge in [0, 0.05) is 31.8 Å². The number of anilines is 1. The average Bonchev–Trinajstić information content (AvgIpc) is 2.56. The highest BCUT2D eigenvalue weighted by molar-refractivity contribution is 5.93. The van der Waals surface area contributed by atoms with E-state index in [1.807, 2.05) is 6.07 Å². The molecule has 0 heterocycles. The van der Waals surface area contributed by atoms with Crippen molar-refractivity contribution in [1.82, 2.24) is 0 Å². The van der Waals surface area contributed by atoms with E-state index in [1.165, 1.54) is 37.1 Å². The van der Waals surface area contributed by atoms with Gasteiger partial charge in [0.2, 0.25) is 5.91 Å². The summed E-state index contributed by atoms with van der Waals surface area (Å²) in [5, 5.41) is 17.5. The van der Waals surface area contributed by atoms with Crippen LogP contribution < -0.4 is 4.90 Å². The summed E-state index contributed by atoms with van der Waals surface area (Å²) in [5.41, 5.74) is 0.469. The first-order valence-electron chi connectivity index (χ1n) is 6.91. The van der Waals surface area contributed by atoms with Crippen molar-refractivity contribution in [3.63, 3.8) is 0 Å². The van der Waals surface area contributed by atoms with Gasteiger partial charge in [-0.05, 0) is 24.3 Å². The summed E-state index contributed by atoms with van der Waals surface area (Å²) in [6.45, 7) is 2.62. The quantitative estimate of drug-likeness (QED) is 0.359. The van der Waals surface area contributed by atoms with E-state index in [4.69, 9.17) is 15.3 Å². The van der Waals surface area contributed by atoms with Gasteiger partial charge in [0.05, 0.1) is 0 Å². The van der Waals surface area contributed by atoms with Gasteiger partial charge in [0.15, 0.2) is 0 Å². The molecule has 0 unspecified atom stereocenters. The normalized spacial score (nSPS) is 10.4. The second-order valence-corrected chi connectivity index (χ2v) is 4.51. The molecule has 0 N–H and O–H groups in total. The minimum Gasteiger partial charge on any atom is -0.427 e. The van der Waals surface area contributed by atoms with Crippen LogP contribution in [0.15, 0.2) is 66.1 Å². The molecule has 0 aliphatic heterocycles. The van der Waals surface area contributed by atoms with Gasteiger partial charge in [-0.2, -0.15) is 10.5 Å². The molecule has 0 aromatic heterocycles.